The number of nitrogens with two attached hydrogens (primary N) is 1. The quantitative estimate of drug-likeness (QED) is 0.416. The van der Waals surface area contributed by atoms with E-state index in [2.05, 4.69) is 0 Å². The van der Waals surface area contributed by atoms with Crippen LogP contribution in [-0.2, 0) is 11.2 Å². The highest BCUT2D eigenvalue weighted by atomic mass is 19.1. The number of aliphatic imine (C=N–C) groups is 1. The lowest BCUT2D eigenvalue weighted by molar-refractivity contribution is -0.143. The van der Waals surface area contributed by atoms with E-state index in [1.807, 2.05) is 63.3 Å². The van der Waals surface area contributed by atoms with Crippen molar-refractivity contribution >= 4 is 11.6 Å². The van der Waals surface area contributed by atoms with Crippen molar-refractivity contribution in [2.45, 2.75) is 65.1 Å². The summed E-state index contributed by atoms with van der Waals surface area (Å²) in [6.45, 7) is 6.54. The van der Waals surface area contributed by atoms with Gasteiger partial charge in [0.15, 0.2) is 0 Å². The number of benzene rings is 2. The summed E-state index contributed by atoms with van der Waals surface area (Å²) in [7, 11) is 0. The van der Waals surface area contributed by atoms with Crippen LogP contribution in [-0.4, -0.2) is 53.0 Å². The molecule has 0 spiro atoms. The summed E-state index contributed by atoms with van der Waals surface area (Å²) in [5, 5.41) is 10.3. The lowest BCUT2D eigenvalue weighted by Gasteiger charge is -2.42. The molecule has 0 saturated carbocycles. The first-order valence-electron chi connectivity index (χ1n) is 13.2. The fourth-order valence-corrected chi connectivity index (χ4v) is 4.77. The standard InChI is InChI=1S/C31H38F3N3O2/c1-20(38)30(39)37(16-15-24(35)19-32)29(31(2,3)4)28-22(17-21-9-6-5-7-10-21)11-8-12-27(36-28)25-18-23(33)13-14-26(25)34/h5-11,13-14,18,20,24,29,38H,12,15-17,19,35H2,1-4H3/t20-,24-,29+/m0/s1. The third-order valence-corrected chi connectivity index (χ3v) is 6.66. The third-order valence-electron chi connectivity index (χ3n) is 6.66. The average Bonchev–Trinajstić information content (AvgIpc) is 3.09. The van der Waals surface area contributed by atoms with E-state index < -0.39 is 47.8 Å². The number of carbonyl (C=O) groups excluding carboxylic acids is 1. The maximum atomic E-state index is 14.9. The first-order chi connectivity index (χ1) is 18.4. The molecule has 3 N–H and O–H groups in total. The molecule has 8 heteroatoms. The normalized spacial score (nSPS) is 16.4. The van der Waals surface area contributed by atoms with Crippen molar-refractivity contribution in [3.8, 4) is 0 Å². The number of alkyl halides is 1. The van der Waals surface area contributed by atoms with E-state index in [4.69, 9.17) is 10.7 Å². The van der Waals surface area contributed by atoms with E-state index in [0.29, 0.717) is 17.8 Å². The zero-order valence-electron chi connectivity index (χ0n) is 23.0. The molecule has 0 saturated heterocycles. The Morgan fingerprint density at radius 2 is 1.85 bits per heavy atom. The number of carbonyl (C=O) groups is 1. The van der Waals surface area contributed by atoms with Gasteiger partial charge in [0.2, 0.25) is 0 Å². The van der Waals surface area contributed by atoms with Crippen molar-refractivity contribution in [3.63, 3.8) is 0 Å². The second kappa shape index (κ2) is 13.2. The summed E-state index contributed by atoms with van der Waals surface area (Å²) in [5.74, 6) is -1.74. The van der Waals surface area contributed by atoms with Crippen molar-refractivity contribution in [2.24, 2.45) is 16.1 Å². The van der Waals surface area contributed by atoms with Crippen LogP contribution in [0, 0.1) is 17.0 Å². The molecular weight excluding hydrogens is 503 g/mol. The molecule has 0 bridgehead atoms. The fourth-order valence-electron chi connectivity index (χ4n) is 4.77. The molecular formula is C31H38F3N3O2. The van der Waals surface area contributed by atoms with Gasteiger partial charge in [-0.25, -0.2) is 13.2 Å². The van der Waals surface area contributed by atoms with Crippen molar-refractivity contribution in [1.82, 2.24) is 4.90 Å². The predicted molar refractivity (Wildman–Crippen MR) is 149 cm³/mol. The molecule has 0 fully saturated rings. The van der Waals surface area contributed by atoms with Crippen molar-refractivity contribution in [1.29, 1.82) is 0 Å². The Morgan fingerprint density at radius 1 is 1.15 bits per heavy atom. The SMILES string of the molecule is C[C@H](O)C(=O)N(CC[C@H](N)CF)[C@H](C1=C(Cc2ccccc2)C=CCC(c2cc(F)ccc2F)=N1)C(C)(C)C. The zero-order valence-corrected chi connectivity index (χ0v) is 23.0. The summed E-state index contributed by atoms with van der Waals surface area (Å²) in [6.07, 6.45) is 3.34. The molecule has 210 valence electrons. The van der Waals surface area contributed by atoms with E-state index in [1.54, 1.807) is 0 Å². The summed E-state index contributed by atoms with van der Waals surface area (Å²) in [6, 6.07) is 11.5. The second-order valence-corrected chi connectivity index (χ2v) is 11.0. The lowest BCUT2D eigenvalue weighted by atomic mass is 9.81. The highest BCUT2D eigenvalue weighted by molar-refractivity contribution is 6.02. The monoisotopic (exact) mass is 541 g/mol. The Morgan fingerprint density at radius 3 is 2.46 bits per heavy atom. The Hall–Kier alpha value is -3.23. The zero-order chi connectivity index (χ0) is 28.7. The van der Waals surface area contributed by atoms with Crippen LogP contribution in [0.3, 0.4) is 0 Å². The molecule has 0 aromatic heterocycles. The minimum Gasteiger partial charge on any atom is -0.384 e. The van der Waals surface area contributed by atoms with E-state index in [1.165, 1.54) is 11.8 Å². The van der Waals surface area contributed by atoms with Crippen LogP contribution in [0.1, 0.15) is 51.7 Å². The van der Waals surface area contributed by atoms with Crippen LogP contribution < -0.4 is 5.73 Å². The van der Waals surface area contributed by atoms with Gasteiger partial charge in [0.05, 0.1) is 17.5 Å². The molecule has 2 aromatic carbocycles. The van der Waals surface area contributed by atoms with Gasteiger partial charge in [-0.05, 0) is 54.5 Å². The number of hydrogen-bond donors (Lipinski definition) is 2. The highest BCUT2D eigenvalue weighted by Gasteiger charge is 2.39. The minimum atomic E-state index is -1.32. The fraction of sp³-hybridized carbons (Fsp3) is 0.419. The number of rotatable bonds is 10. The maximum absolute atomic E-state index is 14.9. The molecule has 1 amide bonds. The van der Waals surface area contributed by atoms with Crippen LogP contribution in [0.4, 0.5) is 13.2 Å². The number of amides is 1. The Labute approximate surface area is 228 Å². The number of aliphatic hydroxyl groups excluding tert-OH is 1. The van der Waals surface area contributed by atoms with Gasteiger partial charge in [-0.1, -0.05) is 63.3 Å². The second-order valence-electron chi connectivity index (χ2n) is 11.0. The molecule has 5 nitrogen and oxygen atoms in total. The molecule has 1 aliphatic heterocycles. The molecule has 0 aliphatic carbocycles. The Bertz CT molecular complexity index is 1230. The largest absolute Gasteiger partial charge is 0.384 e. The predicted octanol–water partition coefficient (Wildman–Crippen LogP) is 5.52. The first kappa shape index (κ1) is 30.3. The third kappa shape index (κ3) is 7.90. The molecule has 1 heterocycles. The van der Waals surface area contributed by atoms with Crippen molar-refractivity contribution in [2.75, 3.05) is 13.2 Å². The van der Waals surface area contributed by atoms with Crippen LogP contribution in [0.2, 0.25) is 0 Å². The number of halogens is 3. The highest BCUT2D eigenvalue weighted by Crippen LogP contribution is 2.36. The van der Waals surface area contributed by atoms with Gasteiger partial charge in [-0.15, -0.1) is 0 Å². The molecule has 0 unspecified atom stereocenters. The van der Waals surface area contributed by atoms with E-state index in [-0.39, 0.29) is 24.9 Å². The van der Waals surface area contributed by atoms with Crippen LogP contribution in [0.15, 0.2) is 76.9 Å². The van der Waals surface area contributed by atoms with Gasteiger partial charge in [0.25, 0.3) is 5.91 Å². The molecule has 3 atom stereocenters. The van der Waals surface area contributed by atoms with Crippen LogP contribution in [0.5, 0.6) is 0 Å². The van der Waals surface area contributed by atoms with E-state index in [0.717, 1.165) is 29.3 Å². The summed E-state index contributed by atoms with van der Waals surface area (Å²) < 4.78 is 42.3. The first-order valence-corrected chi connectivity index (χ1v) is 13.2. The van der Waals surface area contributed by atoms with Gasteiger partial charge in [0, 0.05) is 24.6 Å². The maximum Gasteiger partial charge on any atom is 0.251 e. The van der Waals surface area contributed by atoms with Crippen molar-refractivity contribution in [3.05, 3.63) is 94.7 Å². The Kier molecular flexibility index (Phi) is 10.3. The number of aliphatic hydroxyl groups is 1. The number of allylic oxidation sites excluding steroid dienone is 3. The molecule has 0 radical (unpaired) electrons. The average molecular weight is 542 g/mol. The van der Waals surface area contributed by atoms with Gasteiger partial charge >= 0.3 is 0 Å². The minimum absolute atomic E-state index is 0.0404. The lowest BCUT2D eigenvalue weighted by Crippen LogP contribution is -2.52. The van der Waals surface area contributed by atoms with Gasteiger partial charge < -0.3 is 15.7 Å². The number of nitrogens with zero attached hydrogens (tertiary/aromatic N) is 2. The van der Waals surface area contributed by atoms with Crippen LogP contribution in [0.25, 0.3) is 0 Å². The van der Waals surface area contributed by atoms with E-state index >= 15 is 0 Å². The van der Waals surface area contributed by atoms with Gasteiger partial charge in [0.1, 0.15) is 24.4 Å². The smallest absolute Gasteiger partial charge is 0.251 e. The van der Waals surface area contributed by atoms with Crippen molar-refractivity contribution < 1.29 is 23.1 Å². The number of hydrogen-bond acceptors (Lipinski definition) is 4. The summed E-state index contributed by atoms with van der Waals surface area (Å²) in [4.78, 5) is 19.9. The molecule has 2 aromatic rings. The summed E-state index contributed by atoms with van der Waals surface area (Å²) >= 11 is 0. The van der Waals surface area contributed by atoms with E-state index in [9.17, 15) is 23.1 Å². The van der Waals surface area contributed by atoms with Gasteiger partial charge in [-0.2, -0.15) is 0 Å². The summed E-state index contributed by atoms with van der Waals surface area (Å²) in [5.41, 5.74) is 7.91. The topological polar surface area (TPSA) is 78.9 Å². The molecule has 1 aliphatic rings. The Balaban J connectivity index is 2.28. The van der Waals surface area contributed by atoms with Crippen LogP contribution >= 0.6 is 0 Å². The van der Waals surface area contributed by atoms with Gasteiger partial charge in [-0.3, -0.25) is 9.79 Å². The molecule has 3 rings (SSSR count). The molecule has 39 heavy (non-hydrogen) atoms.